The topological polar surface area (TPSA) is 67.9 Å². The molecule has 0 aliphatic carbocycles. The number of nitrogens with zero attached hydrogens (tertiary/aromatic N) is 3. The summed E-state index contributed by atoms with van der Waals surface area (Å²) < 4.78 is 6.93. The average molecular weight is 358 g/mol. The van der Waals surface area contributed by atoms with Gasteiger partial charge in [-0.05, 0) is 36.6 Å². The zero-order chi connectivity index (χ0) is 18.4. The molecule has 0 aliphatic rings. The molecule has 0 saturated heterocycles. The smallest absolute Gasteiger partial charge is 0.331 e. The summed E-state index contributed by atoms with van der Waals surface area (Å²) in [6, 6.07) is 8.93. The van der Waals surface area contributed by atoms with Crippen molar-refractivity contribution in [2.24, 2.45) is 5.92 Å². The van der Waals surface area contributed by atoms with Crippen molar-refractivity contribution in [3.63, 3.8) is 0 Å². The van der Waals surface area contributed by atoms with Crippen molar-refractivity contribution in [1.82, 2.24) is 9.78 Å². The molecule has 6 heteroatoms. The third-order valence-corrected chi connectivity index (χ3v) is 3.90. The van der Waals surface area contributed by atoms with E-state index in [9.17, 15) is 4.79 Å². The minimum atomic E-state index is -0.462. The summed E-state index contributed by atoms with van der Waals surface area (Å²) in [5, 5.41) is 13.7. The van der Waals surface area contributed by atoms with Crippen LogP contribution in [-0.4, -0.2) is 15.7 Å². The van der Waals surface area contributed by atoms with E-state index in [4.69, 9.17) is 21.6 Å². The quantitative estimate of drug-likeness (QED) is 0.575. The predicted molar refractivity (Wildman–Crippen MR) is 96.8 cm³/mol. The Balaban J connectivity index is 1.98. The van der Waals surface area contributed by atoms with Gasteiger partial charge in [0.05, 0.1) is 17.3 Å². The molecule has 0 N–H and O–H groups in total. The molecule has 0 fully saturated rings. The molecule has 0 amide bonds. The van der Waals surface area contributed by atoms with E-state index < -0.39 is 5.97 Å². The summed E-state index contributed by atoms with van der Waals surface area (Å²) in [6.45, 7) is 6.89. The minimum absolute atomic E-state index is 0.147. The number of aryl methyl sites for hydroxylation is 1. The third-order valence-electron chi connectivity index (χ3n) is 3.50. The number of ether oxygens (including phenoxy) is 1. The zero-order valence-electron chi connectivity index (χ0n) is 14.5. The monoisotopic (exact) mass is 357 g/mol. The predicted octanol–water partition coefficient (Wildman–Crippen LogP) is 4.13. The fourth-order valence-corrected chi connectivity index (χ4v) is 2.56. The van der Waals surface area contributed by atoms with E-state index in [0.29, 0.717) is 16.6 Å². The summed E-state index contributed by atoms with van der Waals surface area (Å²) >= 11 is 6.33. The highest BCUT2D eigenvalue weighted by molar-refractivity contribution is 6.31. The Bertz CT molecular complexity index is 814. The molecule has 0 aliphatic heterocycles. The standard InChI is InChI=1S/C19H20ClN3O2/c1-13(2)11-23-19(20)17(14(3)22-23)8-9-18(24)25-12-16-6-4-15(10-21)5-7-16/h4-9,13H,11-12H2,1-3H3/b9-8+. The van der Waals surface area contributed by atoms with Crippen molar-refractivity contribution >= 4 is 23.6 Å². The number of carbonyl (C=O) groups excluding carboxylic acids is 1. The van der Waals surface area contributed by atoms with Gasteiger partial charge in [-0.1, -0.05) is 37.6 Å². The van der Waals surface area contributed by atoms with Crippen LogP contribution in [0.3, 0.4) is 0 Å². The molecule has 0 bridgehead atoms. The Labute approximate surface area is 152 Å². The van der Waals surface area contributed by atoms with E-state index in [-0.39, 0.29) is 6.61 Å². The first-order chi connectivity index (χ1) is 11.9. The second-order valence-corrected chi connectivity index (χ2v) is 6.47. The van der Waals surface area contributed by atoms with Gasteiger partial charge in [0, 0.05) is 18.2 Å². The van der Waals surface area contributed by atoms with E-state index in [1.807, 2.05) is 13.0 Å². The lowest BCUT2D eigenvalue weighted by atomic mass is 10.2. The fourth-order valence-electron chi connectivity index (χ4n) is 2.25. The van der Waals surface area contributed by atoms with E-state index in [1.165, 1.54) is 6.08 Å². The molecule has 2 rings (SSSR count). The van der Waals surface area contributed by atoms with Crippen LogP contribution in [0.2, 0.25) is 5.15 Å². The first-order valence-electron chi connectivity index (χ1n) is 7.97. The molecule has 0 unspecified atom stereocenters. The molecular weight excluding hydrogens is 338 g/mol. The second-order valence-electron chi connectivity index (χ2n) is 6.12. The van der Waals surface area contributed by atoms with Gasteiger partial charge in [-0.3, -0.25) is 4.68 Å². The zero-order valence-corrected chi connectivity index (χ0v) is 15.2. The molecule has 130 valence electrons. The number of esters is 1. The maximum atomic E-state index is 11.9. The number of rotatable bonds is 6. The number of aromatic nitrogens is 2. The average Bonchev–Trinajstić information content (AvgIpc) is 2.84. The molecule has 1 aromatic carbocycles. The number of hydrogen-bond acceptors (Lipinski definition) is 4. The van der Waals surface area contributed by atoms with Crippen LogP contribution >= 0.6 is 11.6 Å². The molecule has 0 radical (unpaired) electrons. The van der Waals surface area contributed by atoms with Gasteiger partial charge in [0.2, 0.25) is 0 Å². The van der Waals surface area contributed by atoms with Crippen molar-refractivity contribution in [2.45, 2.75) is 33.9 Å². The summed E-state index contributed by atoms with van der Waals surface area (Å²) in [7, 11) is 0. The molecule has 0 spiro atoms. The van der Waals surface area contributed by atoms with Crippen LogP contribution < -0.4 is 0 Å². The summed E-state index contributed by atoms with van der Waals surface area (Å²) in [5.74, 6) is -0.0394. The van der Waals surface area contributed by atoms with Crippen LogP contribution in [0.4, 0.5) is 0 Å². The number of hydrogen-bond donors (Lipinski definition) is 0. The van der Waals surface area contributed by atoms with Crippen molar-refractivity contribution in [1.29, 1.82) is 5.26 Å². The van der Waals surface area contributed by atoms with E-state index in [1.54, 1.807) is 35.0 Å². The molecule has 1 heterocycles. The van der Waals surface area contributed by atoms with E-state index in [2.05, 4.69) is 18.9 Å². The van der Waals surface area contributed by atoms with Gasteiger partial charge in [-0.2, -0.15) is 10.4 Å². The van der Waals surface area contributed by atoms with Gasteiger partial charge >= 0.3 is 5.97 Å². The lowest BCUT2D eigenvalue weighted by Gasteiger charge is -2.05. The Morgan fingerprint density at radius 1 is 1.40 bits per heavy atom. The summed E-state index contributed by atoms with van der Waals surface area (Å²) in [5.41, 5.74) is 2.87. The van der Waals surface area contributed by atoms with Gasteiger partial charge in [0.25, 0.3) is 0 Å². The van der Waals surface area contributed by atoms with Crippen LogP contribution in [-0.2, 0) is 22.7 Å². The van der Waals surface area contributed by atoms with Crippen LogP contribution in [0.1, 0.15) is 36.2 Å². The van der Waals surface area contributed by atoms with Crippen LogP contribution in [0.15, 0.2) is 30.3 Å². The number of benzene rings is 1. The van der Waals surface area contributed by atoms with Gasteiger partial charge in [-0.25, -0.2) is 4.79 Å². The highest BCUT2D eigenvalue weighted by Crippen LogP contribution is 2.22. The molecule has 5 nitrogen and oxygen atoms in total. The maximum Gasteiger partial charge on any atom is 0.331 e. The van der Waals surface area contributed by atoms with Gasteiger partial charge in [0.1, 0.15) is 11.8 Å². The largest absolute Gasteiger partial charge is 0.458 e. The Kier molecular flexibility index (Phi) is 6.37. The lowest BCUT2D eigenvalue weighted by molar-refractivity contribution is -0.138. The number of halogens is 1. The first-order valence-corrected chi connectivity index (χ1v) is 8.35. The summed E-state index contributed by atoms with van der Waals surface area (Å²) in [4.78, 5) is 11.9. The van der Waals surface area contributed by atoms with Gasteiger partial charge in [0.15, 0.2) is 0 Å². The van der Waals surface area contributed by atoms with Crippen LogP contribution in [0.25, 0.3) is 6.08 Å². The Morgan fingerprint density at radius 2 is 2.08 bits per heavy atom. The highest BCUT2D eigenvalue weighted by Gasteiger charge is 2.12. The normalized spacial score (nSPS) is 11.0. The highest BCUT2D eigenvalue weighted by atomic mass is 35.5. The second kappa shape index (κ2) is 8.50. The van der Waals surface area contributed by atoms with Gasteiger partial charge in [-0.15, -0.1) is 0 Å². The van der Waals surface area contributed by atoms with E-state index >= 15 is 0 Å². The molecule has 25 heavy (non-hydrogen) atoms. The Morgan fingerprint density at radius 3 is 2.68 bits per heavy atom. The first kappa shape index (κ1) is 18.8. The third kappa shape index (κ3) is 5.20. The Hall–Kier alpha value is -2.58. The SMILES string of the molecule is Cc1nn(CC(C)C)c(Cl)c1/C=C/C(=O)OCc1ccc(C#N)cc1. The fraction of sp³-hybridized carbons (Fsp3) is 0.316. The molecule has 1 aromatic heterocycles. The van der Waals surface area contributed by atoms with Gasteiger partial charge < -0.3 is 4.74 Å². The van der Waals surface area contributed by atoms with Crippen molar-refractivity contribution in [3.05, 3.63) is 57.9 Å². The molecular formula is C19H20ClN3O2. The van der Waals surface area contributed by atoms with Crippen LogP contribution in [0.5, 0.6) is 0 Å². The number of nitriles is 1. The van der Waals surface area contributed by atoms with E-state index in [0.717, 1.165) is 23.4 Å². The lowest BCUT2D eigenvalue weighted by Crippen LogP contribution is -2.06. The number of carbonyl (C=O) groups is 1. The maximum absolute atomic E-state index is 11.9. The molecule has 0 saturated carbocycles. The van der Waals surface area contributed by atoms with Crippen molar-refractivity contribution in [2.75, 3.05) is 0 Å². The molecule has 2 aromatic rings. The minimum Gasteiger partial charge on any atom is -0.458 e. The van der Waals surface area contributed by atoms with Crippen molar-refractivity contribution < 1.29 is 9.53 Å². The van der Waals surface area contributed by atoms with Crippen molar-refractivity contribution in [3.8, 4) is 6.07 Å². The van der Waals surface area contributed by atoms with Crippen LogP contribution in [0, 0.1) is 24.2 Å². The summed E-state index contributed by atoms with van der Waals surface area (Å²) in [6.07, 6.45) is 2.97. The molecule has 0 atom stereocenters.